The molecule has 25 heavy (non-hydrogen) atoms. The summed E-state index contributed by atoms with van der Waals surface area (Å²) < 4.78 is 11.2. The number of aromatic nitrogens is 2. The molecule has 6 heteroatoms. The Kier molecular flexibility index (Phi) is 6.44. The van der Waals surface area contributed by atoms with Crippen molar-refractivity contribution >= 4 is 11.5 Å². The summed E-state index contributed by atoms with van der Waals surface area (Å²) >= 11 is 0. The van der Waals surface area contributed by atoms with Crippen LogP contribution in [0.3, 0.4) is 0 Å². The molecule has 0 aliphatic heterocycles. The molecule has 2 rings (SSSR count). The van der Waals surface area contributed by atoms with E-state index in [4.69, 9.17) is 15.2 Å². The van der Waals surface area contributed by atoms with E-state index < -0.39 is 0 Å². The largest absolute Gasteiger partial charge is 0.493 e. The van der Waals surface area contributed by atoms with Gasteiger partial charge in [0.2, 0.25) is 5.88 Å². The first kappa shape index (κ1) is 18.8. The highest BCUT2D eigenvalue weighted by Gasteiger charge is 2.19. The summed E-state index contributed by atoms with van der Waals surface area (Å²) in [6.07, 6.45) is 1.49. The molecule has 0 unspecified atom stereocenters. The number of anilines is 2. The summed E-state index contributed by atoms with van der Waals surface area (Å²) in [5.74, 6) is 3.23. The van der Waals surface area contributed by atoms with Gasteiger partial charge in [0.15, 0.2) is 17.3 Å². The zero-order valence-electron chi connectivity index (χ0n) is 15.7. The number of benzene rings is 1. The van der Waals surface area contributed by atoms with Crippen LogP contribution in [0, 0.1) is 11.8 Å². The smallest absolute Gasteiger partial charge is 0.248 e. The van der Waals surface area contributed by atoms with E-state index in [1.165, 1.54) is 6.33 Å². The monoisotopic (exact) mass is 344 g/mol. The van der Waals surface area contributed by atoms with Crippen molar-refractivity contribution in [3.8, 4) is 17.4 Å². The van der Waals surface area contributed by atoms with Crippen molar-refractivity contribution < 1.29 is 9.47 Å². The lowest BCUT2D eigenvalue weighted by atomic mass is 10.1. The van der Waals surface area contributed by atoms with Crippen LogP contribution < -0.4 is 20.1 Å². The first-order valence-corrected chi connectivity index (χ1v) is 8.58. The highest BCUT2D eigenvalue weighted by atomic mass is 16.5. The van der Waals surface area contributed by atoms with Crippen molar-refractivity contribution in [3.05, 3.63) is 30.6 Å². The number of methoxy groups -OCH3 is 1. The van der Waals surface area contributed by atoms with Crippen molar-refractivity contribution in [1.82, 2.24) is 9.97 Å². The van der Waals surface area contributed by atoms with Gasteiger partial charge in [0.25, 0.3) is 0 Å². The lowest BCUT2D eigenvalue weighted by molar-refractivity contribution is 0.374. The molecule has 0 amide bonds. The fourth-order valence-electron chi connectivity index (χ4n) is 2.64. The van der Waals surface area contributed by atoms with Crippen molar-refractivity contribution in [2.24, 2.45) is 11.8 Å². The van der Waals surface area contributed by atoms with Crippen molar-refractivity contribution in [1.29, 1.82) is 0 Å². The predicted molar refractivity (Wildman–Crippen MR) is 101 cm³/mol. The average molecular weight is 344 g/mol. The molecule has 2 aromatic rings. The number of hydrogen-bond donors (Lipinski definition) is 1. The van der Waals surface area contributed by atoms with Crippen LogP contribution in [0.1, 0.15) is 27.7 Å². The molecule has 6 nitrogen and oxygen atoms in total. The maximum absolute atomic E-state index is 6.34. The fraction of sp³-hybridized carbons (Fsp3) is 0.474. The minimum atomic E-state index is 0.340. The standard InChI is InChI=1S/C19H28N4O2/c1-13(2)10-23(11-14(3)4)18-17(20)19(22-12-21-18)25-16-9-7-6-8-15(16)24-5/h6-9,12-14H,10-11,20H2,1-5H3. The van der Waals surface area contributed by atoms with Crippen molar-refractivity contribution in [2.75, 3.05) is 30.8 Å². The highest BCUT2D eigenvalue weighted by molar-refractivity contribution is 5.68. The predicted octanol–water partition coefficient (Wildman–Crippen LogP) is 3.98. The fourth-order valence-corrected chi connectivity index (χ4v) is 2.64. The van der Waals surface area contributed by atoms with Gasteiger partial charge in [-0.05, 0) is 24.0 Å². The van der Waals surface area contributed by atoms with Gasteiger partial charge in [-0.2, -0.15) is 4.98 Å². The van der Waals surface area contributed by atoms with Crippen molar-refractivity contribution in [3.63, 3.8) is 0 Å². The van der Waals surface area contributed by atoms with E-state index in [2.05, 4.69) is 42.6 Å². The first-order chi connectivity index (χ1) is 11.9. The summed E-state index contributed by atoms with van der Waals surface area (Å²) in [6.45, 7) is 10.4. The number of nitrogens with zero attached hydrogens (tertiary/aromatic N) is 3. The van der Waals surface area contributed by atoms with Crippen LogP contribution in [0.15, 0.2) is 30.6 Å². The molecule has 0 bridgehead atoms. The summed E-state index contributed by atoms with van der Waals surface area (Å²) in [7, 11) is 1.60. The Morgan fingerprint density at radius 1 is 1.00 bits per heavy atom. The number of nitrogens with two attached hydrogens (primary N) is 1. The maximum atomic E-state index is 6.34. The Morgan fingerprint density at radius 2 is 1.60 bits per heavy atom. The maximum Gasteiger partial charge on any atom is 0.248 e. The van der Waals surface area contributed by atoms with E-state index >= 15 is 0 Å². The minimum Gasteiger partial charge on any atom is -0.493 e. The molecular formula is C19H28N4O2. The van der Waals surface area contributed by atoms with Gasteiger partial charge in [0.1, 0.15) is 12.0 Å². The molecule has 1 aromatic carbocycles. The molecule has 0 atom stereocenters. The first-order valence-electron chi connectivity index (χ1n) is 8.58. The van der Waals surface area contributed by atoms with Gasteiger partial charge in [-0.15, -0.1) is 0 Å². The van der Waals surface area contributed by atoms with Crippen LogP contribution in [-0.4, -0.2) is 30.2 Å². The van der Waals surface area contributed by atoms with Gasteiger partial charge in [-0.3, -0.25) is 0 Å². The van der Waals surface area contributed by atoms with E-state index in [0.717, 1.165) is 13.1 Å². The zero-order valence-corrected chi connectivity index (χ0v) is 15.7. The van der Waals surface area contributed by atoms with E-state index in [-0.39, 0.29) is 0 Å². The van der Waals surface area contributed by atoms with Crippen LogP contribution in [0.2, 0.25) is 0 Å². The average Bonchev–Trinajstić information content (AvgIpc) is 2.56. The van der Waals surface area contributed by atoms with E-state index in [9.17, 15) is 0 Å². The second-order valence-corrected chi connectivity index (χ2v) is 6.86. The van der Waals surface area contributed by atoms with E-state index in [1.807, 2.05) is 24.3 Å². The van der Waals surface area contributed by atoms with Crippen LogP contribution >= 0.6 is 0 Å². The molecule has 0 saturated heterocycles. The third-order valence-corrected chi connectivity index (χ3v) is 3.57. The summed E-state index contributed by atoms with van der Waals surface area (Å²) in [4.78, 5) is 10.8. The second-order valence-electron chi connectivity index (χ2n) is 6.86. The van der Waals surface area contributed by atoms with E-state index in [1.54, 1.807) is 7.11 Å². The lowest BCUT2D eigenvalue weighted by Gasteiger charge is -2.28. The molecule has 0 fully saturated rings. The molecule has 1 aromatic heterocycles. The minimum absolute atomic E-state index is 0.340. The van der Waals surface area contributed by atoms with Crippen LogP contribution in [0.25, 0.3) is 0 Å². The third kappa shape index (κ3) is 4.98. The van der Waals surface area contributed by atoms with Crippen LogP contribution in [-0.2, 0) is 0 Å². The molecular weight excluding hydrogens is 316 g/mol. The zero-order chi connectivity index (χ0) is 18.4. The molecule has 0 spiro atoms. The van der Waals surface area contributed by atoms with Gasteiger partial charge in [-0.1, -0.05) is 39.8 Å². The van der Waals surface area contributed by atoms with Crippen molar-refractivity contribution in [2.45, 2.75) is 27.7 Å². The summed E-state index contributed by atoms with van der Waals surface area (Å²) in [5.41, 5.74) is 6.78. The van der Waals surface area contributed by atoms with Gasteiger partial charge in [0, 0.05) is 13.1 Å². The van der Waals surface area contributed by atoms with Gasteiger partial charge in [0.05, 0.1) is 7.11 Å². The van der Waals surface area contributed by atoms with E-state index in [0.29, 0.717) is 40.7 Å². The number of para-hydroxylation sites is 2. The van der Waals surface area contributed by atoms with Gasteiger partial charge in [-0.25, -0.2) is 4.98 Å². The lowest BCUT2D eigenvalue weighted by Crippen LogP contribution is -2.32. The van der Waals surface area contributed by atoms with Crippen LogP contribution in [0.5, 0.6) is 17.4 Å². The van der Waals surface area contributed by atoms with Gasteiger partial charge < -0.3 is 20.1 Å². The normalized spacial score (nSPS) is 11.0. The Labute approximate surface area is 150 Å². The molecule has 136 valence electrons. The number of nitrogen functional groups attached to an aromatic ring is 1. The topological polar surface area (TPSA) is 73.5 Å². The molecule has 1 heterocycles. The Balaban J connectivity index is 2.34. The second kappa shape index (κ2) is 8.55. The number of ether oxygens (including phenoxy) is 2. The quantitative estimate of drug-likeness (QED) is 0.781. The Morgan fingerprint density at radius 3 is 2.16 bits per heavy atom. The number of rotatable bonds is 8. The molecule has 0 saturated carbocycles. The molecule has 0 radical (unpaired) electrons. The molecule has 0 aliphatic carbocycles. The Bertz CT molecular complexity index is 679. The SMILES string of the molecule is COc1ccccc1Oc1ncnc(N(CC(C)C)CC(C)C)c1N. The molecule has 0 aliphatic rings. The highest BCUT2D eigenvalue weighted by Crippen LogP contribution is 2.35. The molecule has 2 N–H and O–H groups in total. The summed E-state index contributed by atoms with van der Waals surface area (Å²) in [5, 5.41) is 0. The van der Waals surface area contributed by atoms with Crippen LogP contribution in [0.4, 0.5) is 11.5 Å². The summed E-state index contributed by atoms with van der Waals surface area (Å²) in [6, 6.07) is 7.41. The van der Waals surface area contributed by atoms with Gasteiger partial charge >= 0.3 is 0 Å². The Hall–Kier alpha value is -2.50. The third-order valence-electron chi connectivity index (χ3n) is 3.57. The number of hydrogen-bond acceptors (Lipinski definition) is 6.